The van der Waals surface area contributed by atoms with Gasteiger partial charge >= 0.3 is 0 Å². The van der Waals surface area contributed by atoms with Crippen molar-refractivity contribution in [2.75, 3.05) is 4.90 Å². The van der Waals surface area contributed by atoms with Gasteiger partial charge in [0.05, 0.1) is 15.8 Å². The number of hydrogen-bond donors (Lipinski definition) is 0. The maximum Gasteiger partial charge on any atom is 0.0714 e. The molecule has 0 atom stereocenters. The Bertz CT molecular complexity index is 3350. The lowest BCUT2D eigenvalue weighted by atomic mass is 9.67. The first kappa shape index (κ1) is 35.4. The van der Waals surface area contributed by atoms with Crippen LogP contribution in [-0.4, -0.2) is 0 Å². The summed E-state index contributed by atoms with van der Waals surface area (Å²) in [5.74, 6) is 0. The van der Waals surface area contributed by atoms with E-state index in [0.717, 1.165) is 11.4 Å². The molecule has 0 N–H and O–H groups in total. The van der Waals surface area contributed by atoms with Crippen LogP contribution in [0.15, 0.2) is 237 Å². The number of rotatable bonds is 7. The molecule has 61 heavy (non-hydrogen) atoms. The van der Waals surface area contributed by atoms with Crippen LogP contribution in [0.1, 0.15) is 22.3 Å². The Morgan fingerprint density at radius 3 is 1.56 bits per heavy atom. The van der Waals surface area contributed by atoms with Gasteiger partial charge in [0.1, 0.15) is 0 Å². The number of thiophene rings is 1. The van der Waals surface area contributed by atoms with Crippen LogP contribution in [0, 0.1) is 0 Å². The van der Waals surface area contributed by atoms with E-state index in [0.29, 0.717) is 0 Å². The third-order valence-corrected chi connectivity index (χ3v) is 14.0. The van der Waals surface area contributed by atoms with Gasteiger partial charge in [0.15, 0.2) is 0 Å². The molecule has 0 saturated carbocycles. The molecule has 1 heterocycles. The standard InChI is InChI=1S/C59H39NS/c1-4-15-40(16-5-1)41-27-29-42(30-28-41)43-31-34-47(35-32-43)60(56-26-14-24-52-53-37-33-44-17-10-11-22-49(44)57(53)61-58(52)56)48-36-38-51-50-23-12-13-25-54(50)59(55(51)39-48,45-18-6-2-7-19-45)46-20-8-3-9-21-46/h1-39H. The van der Waals surface area contributed by atoms with Gasteiger partial charge in [-0.1, -0.05) is 206 Å². The van der Waals surface area contributed by atoms with Crippen molar-refractivity contribution in [1.29, 1.82) is 0 Å². The molecule has 286 valence electrons. The van der Waals surface area contributed by atoms with Crippen molar-refractivity contribution in [2.45, 2.75) is 5.41 Å². The average molecular weight is 794 g/mol. The van der Waals surface area contributed by atoms with Crippen LogP contribution in [-0.2, 0) is 5.41 Å². The fourth-order valence-corrected chi connectivity index (χ4v) is 11.3. The minimum absolute atomic E-state index is 0.506. The van der Waals surface area contributed by atoms with Gasteiger partial charge in [-0.2, -0.15) is 0 Å². The summed E-state index contributed by atoms with van der Waals surface area (Å²) in [4.78, 5) is 2.49. The van der Waals surface area contributed by atoms with E-state index in [1.165, 1.54) is 92.3 Å². The van der Waals surface area contributed by atoms with Crippen LogP contribution in [0.3, 0.4) is 0 Å². The second-order valence-electron chi connectivity index (χ2n) is 16.0. The molecule has 1 aliphatic carbocycles. The second kappa shape index (κ2) is 14.3. The van der Waals surface area contributed by atoms with E-state index in [4.69, 9.17) is 0 Å². The van der Waals surface area contributed by atoms with Gasteiger partial charge in [-0.05, 0) is 96.7 Å². The zero-order valence-electron chi connectivity index (χ0n) is 33.4. The highest BCUT2D eigenvalue weighted by molar-refractivity contribution is 7.27. The highest BCUT2D eigenvalue weighted by Gasteiger charge is 2.46. The molecule has 2 heteroatoms. The summed E-state index contributed by atoms with van der Waals surface area (Å²) in [6.07, 6.45) is 0. The molecule has 1 nitrogen and oxygen atoms in total. The summed E-state index contributed by atoms with van der Waals surface area (Å²) < 4.78 is 2.60. The lowest BCUT2D eigenvalue weighted by Gasteiger charge is -2.35. The van der Waals surface area contributed by atoms with E-state index in [-0.39, 0.29) is 0 Å². The van der Waals surface area contributed by atoms with Crippen LogP contribution >= 0.6 is 11.3 Å². The highest BCUT2D eigenvalue weighted by Crippen LogP contribution is 2.57. The first-order valence-electron chi connectivity index (χ1n) is 21.0. The van der Waals surface area contributed by atoms with Crippen molar-refractivity contribution in [1.82, 2.24) is 0 Å². The van der Waals surface area contributed by atoms with Gasteiger partial charge in [0, 0.05) is 26.8 Å². The second-order valence-corrected chi connectivity index (χ2v) is 17.0. The molecule has 0 saturated heterocycles. The molecule has 0 radical (unpaired) electrons. The predicted octanol–water partition coefficient (Wildman–Crippen LogP) is 16.4. The van der Waals surface area contributed by atoms with Gasteiger partial charge in [-0.25, -0.2) is 0 Å². The summed E-state index contributed by atoms with van der Waals surface area (Å²) in [5, 5.41) is 5.14. The van der Waals surface area contributed by atoms with Gasteiger partial charge < -0.3 is 4.90 Å². The van der Waals surface area contributed by atoms with Crippen LogP contribution in [0.5, 0.6) is 0 Å². The normalized spacial score (nSPS) is 12.7. The Labute approximate surface area is 360 Å². The van der Waals surface area contributed by atoms with Gasteiger partial charge in [-0.3, -0.25) is 0 Å². The molecular weight excluding hydrogens is 755 g/mol. The summed E-state index contributed by atoms with van der Waals surface area (Å²) in [5.41, 5.74) is 15.4. The zero-order chi connectivity index (χ0) is 40.3. The average Bonchev–Trinajstić information content (AvgIpc) is 3.87. The predicted molar refractivity (Wildman–Crippen MR) is 260 cm³/mol. The Morgan fingerprint density at radius 2 is 0.852 bits per heavy atom. The number of nitrogens with zero attached hydrogens (tertiary/aromatic N) is 1. The van der Waals surface area contributed by atoms with Gasteiger partial charge in [0.25, 0.3) is 0 Å². The van der Waals surface area contributed by atoms with Crippen LogP contribution in [0.4, 0.5) is 17.1 Å². The van der Waals surface area contributed by atoms with Crippen molar-refractivity contribution in [3.8, 4) is 33.4 Å². The minimum Gasteiger partial charge on any atom is -0.309 e. The Morgan fingerprint density at radius 1 is 0.328 bits per heavy atom. The van der Waals surface area contributed by atoms with Crippen molar-refractivity contribution >= 4 is 59.3 Å². The number of hydrogen-bond acceptors (Lipinski definition) is 2. The quantitative estimate of drug-likeness (QED) is 0.155. The van der Waals surface area contributed by atoms with Crippen LogP contribution in [0.25, 0.3) is 64.3 Å². The van der Waals surface area contributed by atoms with E-state index >= 15 is 0 Å². The number of benzene rings is 10. The van der Waals surface area contributed by atoms with E-state index in [1.54, 1.807) is 0 Å². The minimum atomic E-state index is -0.506. The van der Waals surface area contributed by atoms with E-state index in [1.807, 2.05) is 11.3 Å². The molecule has 0 fully saturated rings. The van der Waals surface area contributed by atoms with Gasteiger partial charge in [-0.15, -0.1) is 11.3 Å². The van der Waals surface area contributed by atoms with E-state index in [9.17, 15) is 0 Å². The molecule has 12 rings (SSSR count). The zero-order valence-corrected chi connectivity index (χ0v) is 34.2. The molecule has 0 bridgehead atoms. The summed E-state index contributed by atoms with van der Waals surface area (Å²) >= 11 is 1.90. The van der Waals surface area contributed by atoms with E-state index < -0.39 is 5.41 Å². The summed E-state index contributed by atoms with van der Waals surface area (Å²) in [6, 6.07) is 87.2. The maximum absolute atomic E-state index is 2.49. The van der Waals surface area contributed by atoms with E-state index in [2.05, 4.69) is 241 Å². The first-order valence-corrected chi connectivity index (χ1v) is 21.8. The molecular formula is C59H39NS. The molecule has 0 spiro atoms. The smallest absolute Gasteiger partial charge is 0.0714 e. The molecule has 0 amide bonds. The summed E-state index contributed by atoms with van der Waals surface area (Å²) in [6.45, 7) is 0. The number of fused-ring (bicyclic) bond motifs is 8. The highest BCUT2D eigenvalue weighted by atomic mass is 32.1. The van der Waals surface area contributed by atoms with Crippen LogP contribution in [0.2, 0.25) is 0 Å². The van der Waals surface area contributed by atoms with Crippen LogP contribution < -0.4 is 4.90 Å². The van der Waals surface area contributed by atoms with Crippen molar-refractivity contribution in [2.24, 2.45) is 0 Å². The molecule has 10 aromatic carbocycles. The molecule has 1 aliphatic rings. The Balaban J connectivity index is 1.08. The Kier molecular flexibility index (Phi) is 8.33. The maximum atomic E-state index is 2.49. The fraction of sp³-hybridized carbons (Fsp3) is 0.0169. The van der Waals surface area contributed by atoms with Crippen molar-refractivity contribution in [3.05, 3.63) is 259 Å². The summed E-state index contributed by atoms with van der Waals surface area (Å²) in [7, 11) is 0. The third kappa shape index (κ3) is 5.60. The molecule has 0 unspecified atom stereocenters. The molecule has 11 aromatic rings. The number of anilines is 3. The molecule has 1 aromatic heterocycles. The fourth-order valence-electron chi connectivity index (χ4n) is 9.97. The monoisotopic (exact) mass is 793 g/mol. The lowest BCUT2D eigenvalue weighted by molar-refractivity contribution is 0.768. The SMILES string of the molecule is c1ccc(-c2ccc(-c3ccc(N(c4ccc5c(c4)C(c4ccccc4)(c4ccccc4)c4ccccc4-5)c4cccc5c4sc4c6ccccc6ccc54)cc3)cc2)cc1. The van der Waals surface area contributed by atoms with Gasteiger partial charge in [0.2, 0.25) is 0 Å². The third-order valence-electron chi connectivity index (χ3n) is 12.8. The van der Waals surface area contributed by atoms with Crippen molar-refractivity contribution in [3.63, 3.8) is 0 Å². The topological polar surface area (TPSA) is 3.24 Å². The molecule has 0 aliphatic heterocycles. The Hall–Kier alpha value is -7.52. The first-order chi connectivity index (χ1) is 30.3. The lowest BCUT2D eigenvalue weighted by Crippen LogP contribution is -2.28. The largest absolute Gasteiger partial charge is 0.309 e. The van der Waals surface area contributed by atoms with Crippen molar-refractivity contribution < 1.29 is 0 Å².